The average molecular weight is 326 g/mol. The van der Waals surface area contributed by atoms with Gasteiger partial charge in [-0.25, -0.2) is 8.42 Å². The molecule has 0 aromatic carbocycles. The first-order valence-corrected chi connectivity index (χ1v) is 8.94. The lowest BCUT2D eigenvalue weighted by molar-refractivity contribution is 0.0726. The molecule has 0 bridgehead atoms. The first kappa shape index (κ1) is 15.2. The van der Waals surface area contributed by atoms with Crippen molar-refractivity contribution in [3.63, 3.8) is 0 Å². The second-order valence-corrected chi connectivity index (χ2v) is 7.90. The summed E-state index contributed by atoms with van der Waals surface area (Å²) in [6, 6.07) is 1.34. The highest BCUT2D eigenvalue weighted by Gasteiger charge is 2.46. The molecule has 3 heterocycles. The van der Waals surface area contributed by atoms with Crippen molar-refractivity contribution in [2.45, 2.75) is 19.4 Å². The molecule has 1 N–H and O–H groups in total. The van der Waals surface area contributed by atoms with Crippen molar-refractivity contribution < 1.29 is 18.0 Å². The minimum atomic E-state index is -3.23. The molecular weight excluding hydrogens is 308 g/mol. The van der Waals surface area contributed by atoms with E-state index in [1.807, 2.05) is 0 Å². The third kappa shape index (κ3) is 2.54. The van der Waals surface area contributed by atoms with Crippen LogP contribution >= 0.6 is 0 Å². The minimum Gasteiger partial charge on any atom is -0.333 e. The van der Waals surface area contributed by atoms with Crippen molar-refractivity contribution in [1.82, 2.24) is 19.4 Å². The lowest BCUT2D eigenvalue weighted by Gasteiger charge is -2.23. The topological polar surface area (TPSA) is 103 Å². The summed E-state index contributed by atoms with van der Waals surface area (Å²) in [5.74, 6) is -0.268. The van der Waals surface area contributed by atoms with Crippen LogP contribution in [0.15, 0.2) is 6.07 Å². The molecule has 2 atom stereocenters. The first-order chi connectivity index (χ1) is 10.3. The number of aromatic nitrogens is 2. The van der Waals surface area contributed by atoms with Crippen LogP contribution in [0.25, 0.3) is 0 Å². The Morgan fingerprint density at radius 1 is 1.36 bits per heavy atom. The Morgan fingerprint density at radius 2 is 2.09 bits per heavy atom. The Kier molecular flexibility index (Phi) is 3.56. The molecule has 8 nitrogen and oxygen atoms in total. The number of rotatable bonds is 3. The zero-order chi connectivity index (χ0) is 16.1. The maximum absolute atomic E-state index is 12.6. The number of nitrogens with one attached hydrogen (secondary N) is 1. The number of likely N-dealkylation sites (tertiary alicyclic amines) is 1. The summed E-state index contributed by atoms with van der Waals surface area (Å²) in [7, 11) is -3.23. The zero-order valence-corrected chi connectivity index (χ0v) is 13.3. The summed E-state index contributed by atoms with van der Waals surface area (Å²) < 4.78 is 24.7. The highest BCUT2D eigenvalue weighted by Crippen LogP contribution is 2.33. The van der Waals surface area contributed by atoms with Gasteiger partial charge < -0.3 is 4.90 Å². The molecule has 2 saturated heterocycles. The van der Waals surface area contributed by atoms with Crippen molar-refractivity contribution >= 4 is 21.7 Å². The van der Waals surface area contributed by atoms with Crippen LogP contribution < -0.4 is 0 Å². The second-order valence-electron chi connectivity index (χ2n) is 5.92. The maximum Gasteiger partial charge on any atom is 0.272 e. The third-order valence-corrected chi connectivity index (χ3v) is 5.65. The van der Waals surface area contributed by atoms with Gasteiger partial charge in [-0.3, -0.25) is 14.7 Å². The van der Waals surface area contributed by atoms with Gasteiger partial charge in [-0.05, 0) is 18.4 Å². The van der Waals surface area contributed by atoms with Crippen LogP contribution in [0.3, 0.4) is 0 Å². The molecule has 0 saturated carbocycles. The Balaban J connectivity index is 1.78. The number of Topliss-reactive ketones (excluding diaryl/α,β-unsaturated/α-hetero) is 1. The van der Waals surface area contributed by atoms with E-state index in [0.717, 1.165) is 6.42 Å². The first-order valence-electron chi connectivity index (χ1n) is 7.10. The molecule has 9 heteroatoms. The monoisotopic (exact) mass is 326 g/mol. The third-order valence-electron chi connectivity index (χ3n) is 4.41. The smallest absolute Gasteiger partial charge is 0.272 e. The summed E-state index contributed by atoms with van der Waals surface area (Å²) in [4.78, 5) is 25.5. The van der Waals surface area contributed by atoms with E-state index < -0.39 is 10.0 Å². The van der Waals surface area contributed by atoms with E-state index in [9.17, 15) is 18.0 Å². The van der Waals surface area contributed by atoms with E-state index in [2.05, 4.69) is 10.2 Å². The van der Waals surface area contributed by atoms with Crippen LogP contribution in [0.2, 0.25) is 0 Å². The molecular formula is C13H18N4O4S. The van der Waals surface area contributed by atoms with E-state index in [1.165, 1.54) is 23.6 Å². The number of nitrogens with zero attached hydrogens (tertiary/aromatic N) is 3. The quantitative estimate of drug-likeness (QED) is 0.769. The highest BCUT2D eigenvalue weighted by atomic mass is 32.2. The molecule has 0 aliphatic carbocycles. The minimum absolute atomic E-state index is 0.105. The van der Waals surface area contributed by atoms with Crippen LogP contribution in [0.1, 0.15) is 34.3 Å². The number of sulfonamides is 1. The SMILES string of the molecule is CC(=O)c1cc(C(=O)N2CC[C@H]3CN(S(C)(=O)=O)C[C@H]32)[nH]n1. The second kappa shape index (κ2) is 5.17. The molecule has 3 rings (SSSR count). The lowest BCUT2D eigenvalue weighted by atomic mass is 10.1. The zero-order valence-electron chi connectivity index (χ0n) is 12.4. The van der Waals surface area contributed by atoms with Crippen molar-refractivity contribution in [1.29, 1.82) is 0 Å². The van der Waals surface area contributed by atoms with Gasteiger partial charge in [0.15, 0.2) is 5.78 Å². The fraction of sp³-hybridized carbons (Fsp3) is 0.615. The fourth-order valence-corrected chi connectivity index (χ4v) is 4.10. The molecule has 2 fully saturated rings. The molecule has 0 unspecified atom stereocenters. The predicted octanol–water partition coefficient (Wildman–Crippen LogP) is -0.282. The van der Waals surface area contributed by atoms with E-state index in [-0.39, 0.29) is 35.0 Å². The molecule has 1 aromatic rings. The van der Waals surface area contributed by atoms with Crippen LogP contribution in [0.5, 0.6) is 0 Å². The predicted molar refractivity (Wildman–Crippen MR) is 77.9 cm³/mol. The number of hydrogen-bond acceptors (Lipinski definition) is 5. The molecule has 2 aliphatic rings. The van der Waals surface area contributed by atoms with E-state index >= 15 is 0 Å². The molecule has 22 heavy (non-hydrogen) atoms. The molecule has 0 radical (unpaired) electrons. The largest absolute Gasteiger partial charge is 0.333 e. The van der Waals surface area contributed by atoms with Crippen LogP contribution in [0.4, 0.5) is 0 Å². The van der Waals surface area contributed by atoms with Gasteiger partial charge >= 0.3 is 0 Å². The average Bonchev–Trinajstić information content (AvgIpc) is 3.11. The number of hydrogen-bond donors (Lipinski definition) is 1. The Bertz CT molecular complexity index is 726. The van der Waals surface area contributed by atoms with E-state index in [4.69, 9.17) is 0 Å². The molecule has 1 aromatic heterocycles. The Hall–Kier alpha value is -1.74. The maximum atomic E-state index is 12.6. The molecule has 120 valence electrons. The summed E-state index contributed by atoms with van der Waals surface area (Å²) in [5, 5.41) is 6.41. The lowest BCUT2D eigenvalue weighted by Crippen LogP contribution is -2.40. The van der Waals surface area contributed by atoms with Gasteiger partial charge in [-0.1, -0.05) is 0 Å². The van der Waals surface area contributed by atoms with Gasteiger partial charge in [0.25, 0.3) is 5.91 Å². The van der Waals surface area contributed by atoms with Crippen molar-refractivity contribution in [3.8, 4) is 0 Å². The van der Waals surface area contributed by atoms with Gasteiger partial charge in [-0.15, -0.1) is 0 Å². The van der Waals surface area contributed by atoms with E-state index in [0.29, 0.717) is 19.6 Å². The van der Waals surface area contributed by atoms with E-state index in [1.54, 1.807) is 4.90 Å². The van der Waals surface area contributed by atoms with Gasteiger partial charge in [0.1, 0.15) is 11.4 Å². The van der Waals surface area contributed by atoms with Crippen molar-refractivity contribution in [3.05, 3.63) is 17.5 Å². The summed E-state index contributed by atoms with van der Waals surface area (Å²) >= 11 is 0. The highest BCUT2D eigenvalue weighted by molar-refractivity contribution is 7.88. The van der Waals surface area contributed by atoms with Crippen molar-refractivity contribution in [2.24, 2.45) is 5.92 Å². The standard InChI is InChI=1S/C13H18N4O4S/c1-8(18)10-5-11(15-14-10)13(19)17-4-3-9-6-16(7-12(9)17)22(2,20)21/h5,9,12H,3-4,6-7H2,1-2H3,(H,14,15)/t9-,12+/m0/s1. The Morgan fingerprint density at radius 3 is 2.68 bits per heavy atom. The molecule has 1 amide bonds. The van der Waals surface area contributed by atoms with Crippen molar-refractivity contribution in [2.75, 3.05) is 25.9 Å². The van der Waals surface area contributed by atoms with Gasteiger partial charge in [0.05, 0.1) is 6.26 Å². The number of fused-ring (bicyclic) bond motifs is 1. The number of amides is 1. The summed E-state index contributed by atoms with van der Waals surface area (Å²) in [6.07, 6.45) is 1.98. The Labute approximate surface area is 128 Å². The normalized spacial score (nSPS) is 25.5. The number of carbonyl (C=O) groups is 2. The fourth-order valence-electron chi connectivity index (χ4n) is 3.21. The number of H-pyrrole nitrogens is 1. The number of ketones is 1. The molecule has 2 aliphatic heterocycles. The van der Waals surface area contributed by atoms with Gasteiger partial charge in [0, 0.05) is 32.6 Å². The van der Waals surface area contributed by atoms with Crippen LogP contribution in [-0.4, -0.2) is 71.4 Å². The number of carbonyl (C=O) groups excluding carboxylic acids is 2. The summed E-state index contributed by atoms with van der Waals surface area (Å²) in [6.45, 7) is 2.79. The van der Waals surface area contributed by atoms with Crippen LogP contribution in [0, 0.1) is 5.92 Å². The molecule has 0 spiro atoms. The van der Waals surface area contributed by atoms with Gasteiger partial charge in [0.2, 0.25) is 10.0 Å². The summed E-state index contributed by atoms with van der Waals surface area (Å²) in [5.41, 5.74) is 0.493. The number of aromatic amines is 1. The van der Waals surface area contributed by atoms with Gasteiger partial charge in [-0.2, -0.15) is 9.40 Å². The van der Waals surface area contributed by atoms with Crippen LogP contribution in [-0.2, 0) is 10.0 Å².